The summed E-state index contributed by atoms with van der Waals surface area (Å²) in [7, 11) is 0. The number of aryl methyl sites for hydroxylation is 4. The van der Waals surface area contributed by atoms with Crippen molar-refractivity contribution in [1.82, 2.24) is 4.72 Å². The molecule has 0 aliphatic heterocycles. The van der Waals surface area contributed by atoms with Gasteiger partial charge in [0.05, 0.1) is 0 Å². The van der Waals surface area contributed by atoms with Crippen molar-refractivity contribution in [2.24, 2.45) is 0 Å². The minimum Gasteiger partial charge on any atom is -0.409 e. The monoisotopic (exact) mass is 441 g/mol. The molecule has 2 aromatic rings. The van der Waals surface area contributed by atoms with E-state index in [-0.39, 0.29) is 0 Å². The smallest absolute Gasteiger partial charge is 0.409 e. The lowest BCUT2D eigenvalue weighted by Gasteiger charge is -2.13. The fourth-order valence-electron chi connectivity index (χ4n) is 3.71. The molecule has 1 amide bonds. The molecular weight excluding hydrogens is 402 g/mol. The van der Waals surface area contributed by atoms with E-state index in [4.69, 9.17) is 4.74 Å². The molecule has 0 aliphatic carbocycles. The third-order valence-electron chi connectivity index (χ3n) is 5.52. The lowest BCUT2D eigenvalue weighted by atomic mass is 9.99. The summed E-state index contributed by atoms with van der Waals surface area (Å²) in [5.74, 6) is 0.688. The summed E-state index contributed by atoms with van der Waals surface area (Å²) in [6.45, 7) is 8.59. The highest BCUT2D eigenvalue weighted by Crippen LogP contribution is 2.25. The maximum Gasteiger partial charge on any atom is 0.422 e. The van der Waals surface area contributed by atoms with Crippen LogP contribution < -0.4 is 9.46 Å². The lowest BCUT2D eigenvalue weighted by Crippen LogP contribution is -2.21. The van der Waals surface area contributed by atoms with Gasteiger partial charge in [-0.1, -0.05) is 82.2 Å². The van der Waals surface area contributed by atoms with Gasteiger partial charge in [0.15, 0.2) is 0 Å². The largest absolute Gasteiger partial charge is 0.422 e. The average molecular weight is 442 g/mol. The number of nitrogens with one attached hydrogen (secondary N) is 1. The lowest BCUT2D eigenvalue weighted by molar-refractivity contribution is 0.207. The first kappa shape index (κ1) is 25.3. The summed E-state index contributed by atoms with van der Waals surface area (Å²) in [5, 5.41) is 0. The summed E-state index contributed by atoms with van der Waals surface area (Å²) in [4.78, 5) is 13.5. The van der Waals surface area contributed by atoms with Crippen LogP contribution in [-0.2, 0) is 12.8 Å². The molecule has 31 heavy (non-hydrogen) atoms. The van der Waals surface area contributed by atoms with Crippen LogP contribution in [0.4, 0.5) is 4.79 Å². The zero-order valence-electron chi connectivity index (χ0n) is 19.8. The third kappa shape index (κ3) is 9.39. The molecule has 0 saturated carbocycles. The van der Waals surface area contributed by atoms with E-state index in [1.165, 1.54) is 68.0 Å². The Morgan fingerprint density at radius 2 is 1.58 bits per heavy atom. The van der Waals surface area contributed by atoms with Crippen molar-refractivity contribution >= 4 is 18.0 Å². The summed E-state index contributed by atoms with van der Waals surface area (Å²) in [6.07, 6.45) is 11.5. The van der Waals surface area contributed by atoms with Gasteiger partial charge in [0.1, 0.15) is 5.75 Å². The predicted molar refractivity (Wildman–Crippen MR) is 133 cm³/mol. The SMILES string of the molecule is CCCCCCc1ccc(OC(=O)NSc2ccc(C)cc2C)c(CCCCCC)c1. The van der Waals surface area contributed by atoms with Crippen molar-refractivity contribution < 1.29 is 9.53 Å². The molecule has 0 saturated heterocycles. The number of rotatable bonds is 13. The number of unbranched alkanes of at least 4 members (excludes halogenated alkanes) is 6. The topological polar surface area (TPSA) is 38.3 Å². The Hall–Kier alpha value is -1.94. The van der Waals surface area contributed by atoms with Gasteiger partial charge < -0.3 is 4.74 Å². The summed E-state index contributed by atoms with van der Waals surface area (Å²) in [6, 6.07) is 12.5. The molecule has 4 heteroatoms. The van der Waals surface area contributed by atoms with Gasteiger partial charge >= 0.3 is 6.09 Å². The number of ether oxygens (including phenoxy) is 1. The molecule has 0 bridgehead atoms. The molecule has 2 rings (SSSR count). The van der Waals surface area contributed by atoms with E-state index in [0.29, 0.717) is 5.75 Å². The molecule has 0 unspecified atom stereocenters. The molecule has 170 valence electrons. The van der Waals surface area contributed by atoms with Crippen LogP contribution in [0.25, 0.3) is 0 Å². The molecule has 0 radical (unpaired) electrons. The second-order valence-electron chi connectivity index (χ2n) is 8.43. The zero-order valence-corrected chi connectivity index (χ0v) is 20.6. The normalized spacial score (nSPS) is 10.8. The third-order valence-corrected chi connectivity index (χ3v) is 6.47. The standard InChI is InChI=1S/C27H39NO2S/c1-5-7-9-11-13-23-16-17-25(24(20-23)14-12-10-8-6-2)30-27(29)28-31-26-18-15-21(3)19-22(26)4/h15-20H,5-14H2,1-4H3,(H,28,29). The number of hydrogen-bond acceptors (Lipinski definition) is 3. The minimum absolute atomic E-state index is 0.421. The van der Waals surface area contributed by atoms with E-state index in [1.54, 1.807) is 0 Å². The first-order valence-corrected chi connectivity index (χ1v) is 12.7. The van der Waals surface area contributed by atoms with Crippen molar-refractivity contribution in [3.05, 3.63) is 58.7 Å². The minimum atomic E-state index is -0.421. The zero-order chi connectivity index (χ0) is 22.5. The Labute approximate surface area is 193 Å². The molecule has 2 aromatic carbocycles. The quantitative estimate of drug-likeness (QED) is 0.251. The Kier molecular flexibility index (Phi) is 11.6. The van der Waals surface area contributed by atoms with Crippen LogP contribution in [0.2, 0.25) is 0 Å². The van der Waals surface area contributed by atoms with Crippen molar-refractivity contribution in [2.45, 2.75) is 96.8 Å². The number of hydrogen-bond donors (Lipinski definition) is 1. The summed E-state index contributed by atoms with van der Waals surface area (Å²) < 4.78 is 8.54. The highest BCUT2D eigenvalue weighted by molar-refractivity contribution is 7.98. The molecular formula is C27H39NO2S. The maximum atomic E-state index is 12.5. The van der Waals surface area contributed by atoms with Crippen molar-refractivity contribution in [3.8, 4) is 5.75 Å². The van der Waals surface area contributed by atoms with Crippen molar-refractivity contribution in [3.63, 3.8) is 0 Å². The van der Waals surface area contributed by atoms with Gasteiger partial charge in [0.2, 0.25) is 0 Å². The second kappa shape index (κ2) is 14.2. The van der Waals surface area contributed by atoms with Gasteiger partial charge in [0.25, 0.3) is 0 Å². The average Bonchev–Trinajstić information content (AvgIpc) is 2.75. The maximum absolute atomic E-state index is 12.5. The van der Waals surface area contributed by atoms with Crippen LogP contribution in [0.1, 0.15) is 87.5 Å². The molecule has 0 aliphatic rings. The summed E-state index contributed by atoms with van der Waals surface area (Å²) in [5.41, 5.74) is 4.86. The van der Waals surface area contributed by atoms with Crippen LogP contribution in [0, 0.1) is 13.8 Å². The van der Waals surface area contributed by atoms with Crippen LogP contribution in [0.5, 0.6) is 5.75 Å². The van der Waals surface area contributed by atoms with E-state index in [0.717, 1.165) is 35.3 Å². The Morgan fingerprint density at radius 1 is 0.871 bits per heavy atom. The van der Waals surface area contributed by atoms with E-state index in [1.807, 2.05) is 12.1 Å². The fraction of sp³-hybridized carbons (Fsp3) is 0.519. The fourth-order valence-corrected chi connectivity index (χ4v) is 4.30. The molecule has 0 heterocycles. The first-order valence-electron chi connectivity index (χ1n) is 11.9. The molecule has 1 N–H and O–H groups in total. The molecule has 0 spiro atoms. The molecule has 3 nitrogen and oxygen atoms in total. The molecule has 0 atom stereocenters. The van der Waals surface area contributed by atoms with Gasteiger partial charge in [-0.3, -0.25) is 4.72 Å². The van der Waals surface area contributed by atoms with Crippen LogP contribution in [0.15, 0.2) is 41.3 Å². The van der Waals surface area contributed by atoms with Gasteiger partial charge in [0, 0.05) is 4.90 Å². The molecule has 0 aromatic heterocycles. The van der Waals surface area contributed by atoms with E-state index >= 15 is 0 Å². The van der Waals surface area contributed by atoms with Crippen LogP contribution in [0.3, 0.4) is 0 Å². The summed E-state index contributed by atoms with van der Waals surface area (Å²) >= 11 is 1.31. The van der Waals surface area contributed by atoms with E-state index in [2.05, 4.69) is 56.7 Å². The highest BCUT2D eigenvalue weighted by atomic mass is 32.2. The van der Waals surface area contributed by atoms with Gasteiger partial charge in [-0.15, -0.1) is 0 Å². The predicted octanol–water partition coefficient (Wildman–Crippen LogP) is 8.34. The van der Waals surface area contributed by atoms with E-state index in [9.17, 15) is 4.79 Å². The Bertz CT molecular complexity index is 819. The number of carbonyl (C=O) groups excluding carboxylic acids is 1. The van der Waals surface area contributed by atoms with Crippen molar-refractivity contribution in [1.29, 1.82) is 0 Å². The number of carbonyl (C=O) groups is 1. The van der Waals surface area contributed by atoms with Gasteiger partial charge in [-0.2, -0.15) is 0 Å². The van der Waals surface area contributed by atoms with E-state index < -0.39 is 6.09 Å². The number of benzene rings is 2. The Balaban J connectivity index is 1.99. The van der Waals surface area contributed by atoms with Crippen molar-refractivity contribution in [2.75, 3.05) is 0 Å². The Morgan fingerprint density at radius 3 is 2.26 bits per heavy atom. The highest BCUT2D eigenvalue weighted by Gasteiger charge is 2.12. The number of amides is 1. The first-order chi connectivity index (χ1) is 15.0. The van der Waals surface area contributed by atoms with Crippen LogP contribution >= 0.6 is 11.9 Å². The molecule has 0 fully saturated rings. The van der Waals surface area contributed by atoms with Gasteiger partial charge in [-0.25, -0.2) is 4.79 Å². The van der Waals surface area contributed by atoms with Crippen LogP contribution in [-0.4, -0.2) is 6.09 Å². The van der Waals surface area contributed by atoms with Gasteiger partial charge in [-0.05, 0) is 80.3 Å². The second-order valence-corrected chi connectivity index (χ2v) is 9.27.